The fraction of sp³-hybridized carbons (Fsp3) is 0.688. The minimum Gasteiger partial charge on any atom is -0.377 e. The fourth-order valence-electron chi connectivity index (χ4n) is 3.94. The topological polar surface area (TPSA) is 77.7 Å². The van der Waals surface area contributed by atoms with E-state index in [-0.39, 0.29) is 24.5 Å². The molecular weight excluding hydrogens is 298 g/mol. The van der Waals surface area contributed by atoms with Crippen LogP contribution in [0, 0.1) is 17.8 Å². The van der Waals surface area contributed by atoms with Crippen molar-refractivity contribution >= 4 is 5.91 Å². The smallest absolute Gasteiger partial charge is 0.252 e. The van der Waals surface area contributed by atoms with Crippen molar-refractivity contribution in [3.63, 3.8) is 0 Å². The Morgan fingerprint density at radius 2 is 2.35 bits per heavy atom. The standard InChI is InChI=1S/C16H21N3O4/c1-21-9-14-17-15(18-23-14)13-8-22-5-4-19(13)16(20)12-7-10-2-3-11(12)6-10/h2-3,10-13H,4-9H2,1H3. The number of aromatic nitrogens is 2. The van der Waals surface area contributed by atoms with Crippen molar-refractivity contribution in [1.29, 1.82) is 0 Å². The van der Waals surface area contributed by atoms with Gasteiger partial charge in [-0.3, -0.25) is 4.79 Å². The molecule has 0 aromatic carbocycles. The molecule has 4 rings (SSSR count). The monoisotopic (exact) mass is 319 g/mol. The van der Waals surface area contributed by atoms with E-state index >= 15 is 0 Å². The Balaban J connectivity index is 1.52. The second kappa shape index (κ2) is 6.05. The average Bonchev–Trinajstić information content (AvgIpc) is 3.31. The molecule has 0 N–H and O–H groups in total. The highest BCUT2D eigenvalue weighted by atomic mass is 16.5. The number of hydrogen-bond donors (Lipinski definition) is 0. The SMILES string of the molecule is COCc1nc(C2COCCN2C(=O)C2CC3C=CC2C3)no1. The first-order chi connectivity index (χ1) is 11.3. The maximum atomic E-state index is 13.0. The van der Waals surface area contributed by atoms with Crippen LogP contribution in [0.4, 0.5) is 0 Å². The van der Waals surface area contributed by atoms with Crippen LogP contribution in [0.5, 0.6) is 0 Å². The van der Waals surface area contributed by atoms with E-state index in [1.165, 1.54) is 0 Å². The normalized spacial score (nSPS) is 32.7. The Morgan fingerprint density at radius 3 is 3.09 bits per heavy atom. The molecule has 23 heavy (non-hydrogen) atoms. The Hall–Kier alpha value is -1.73. The van der Waals surface area contributed by atoms with Gasteiger partial charge in [-0.2, -0.15) is 4.98 Å². The van der Waals surface area contributed by atoms with Crippen LogP contribution in [0.2, 0.25) is 0 Å². The molecule has 7 nitrogen and oxygen atoms in total. The number of hydrogen-bond acceptors (Lipinski definition) is 6. The highest BCUT2D eigenvalue weighted by molar-refractivity contribution is 5.80. The van der Waals surface area contributed by atoms with Gasteiger partial charge in [-0.05, 0) is 24.7 Å². The predicted molar refractivity (Wildman–Crippen MR) is 79.1 cm³/mol. The lowest BCUT2D eigenvalue weighted by Gasteiger charge is -2.36. The van der Waals surface area contributed by atoms with Crippen LogP contribution in [0.25, 0.3) is 0 Å². The number of rotatable bonds is 4. The van der Waals surface area contributed by atoms with Gasteiger partial charge < -0.3 is 18.9 Å². The Kier molecular flexibility index (Phi) is 3.90. The van der Waals surface area contributed by atoms with Gasteiger partial charge >= 0.3 is 0 Å². The zero-order valence-electron chi connectivity index (χ0n) is 13.2. The van der Waals surface area contributed by atoms with Gasteiger partial charge in [-0.25, -0.2) is 0 Å². The second-order valence-corrected chi connectivity index (χ2v) is 6.49. The summed E-state index contributed by atoms with van der Waals surface area (Å²) in [6, 6.07) is -0.270. The summed E-state index contributed by atoms with van der Waals surface area (Å²) >= 11 is 0. The number of amides is 1. The number of morpholine rings is 1. The van der Waals surface area contributed by atoms with E-state index in [0.717, 1.165) is 12.8 Å². The number of ether oxygens (including phenoxy) is 2. The second-order valence-electron chi connectivity index (χ2n) is 6.49. The van der Waals surface area contributed by atoms with Crippen molar-refractivity contribution in [2.24, 2.45) is 17.8 Å². The number of methoxy groups -OCH3 is 1. The molecule has 4 atom stereocenters. The average molecular weight is 319 g/mol. The third-order valence-corrected chi connectivity index (χ3v) is 5.06. The first-order valence-electron chi connectivity index (χ1n) is 8.14. The zero-order chi connectivity index (χ0) is 15.8. The first-order valence-corrected chi connectivity index (χ1v) is 8.14. The summed E-state index contributed by atoms with van der Waals surface area (Å²) in [6.07, 6.45) is 6.54. The highest BCUT2D eigenvalue weighted by Gasteiger charge is 2.44. The third kappa shape index (κ3) is 2.68. The molecule has 124 valence electrons. The fourth-order valence-corrected chi connectivity index (χ4v) is 3.94. The lowest BCUT2D eigenvalue weighted by atomic mass is 9.91. The van der Waals surface area contributed by atoms with Gasteiger partial charge in [0.15, 0.2) is 5.82 Å². The number of allylic oxidation sites excluding steroid dienone is 2. The molecule has 0 radical (unpaired) electrons. The van der Waals surface area contributed by atoms with Crippen LogP contribution in [0.1, 0.15) is 30.6 Å². The van der Waals surface area contributed by atoms with Crippen LogP contribution in [-0.4, -0.2) is 47.8 Å². The molecule has 1 saturated carbocycles. The van der Waals surface area contributed by atoms with E-state index in [1.807, 2.05) is 4.90 Å². The van der Waals surface area contributed by atoms with E-state index < -0.39 is 0 Å². The van der Waals surface area contributed by atoms with E-state index in [0.29, 0.717) is 43.3 Å². The molecule has 1 aromatic rings. The van der Waals surface area contributed by atoms with Gasteiger partial charge in [0, 0.05) is 19.6 Å². The molecule has 1 aromatic heterocycles. The number of carbonyl (C=O) groups excluding carboxylic acids is 1. The molecule has 3 aliphatic rings. The summed E-state index contributed by atoms with van der Waals surface area (Å²) in [6.45, 7) is 1.82. The van der Waals surface area contributed by atoms with E-state index in [2.05, 4.69) is 22.3 Å². The van der Waals surface area contributed by atoms with Gasteiger partial charge in [0.1, 0.15) is 12.6 Å². The maximum absolute atomic E-state index is 13.0. The van der Waals surface area contributed by atoms with Gasteiger partial charge in [0.25, 0.3) is 5.89 Å². The van der Waals surface area contributed by atoms with Crippen LogP contribution in [-0.2, 0) is 20.9 Å². The molecule has 2 fully saturated rings. The molecule has 4 unspecified atom stereocenters. The van der Waals surface area contributed by atoms with Crippen molar-refractivity contribution in [1.82, 2.24) is 15.0 Å². The lowest BCUT2D eigenvalue weighted by Crippen LogP contribution is -2.47. The van der Waals surface area contributed by atoms with E-state index in [1.54, 1.807) is 7.11 Å². The number of carbonyl (C=O) groups is 1. The van der Waals surface area contributed by atoms with Crippen LogP contribution in [0.3, 0.4) is 0 Å². The van der Waals surface area contributed by atoms with Crippen molar-refractivity contribution in [3.05, 3.63) is 23.9 Å². The van der Waals surface area contributed by atoms with Crippen LogP contribution in [0.15, 0.2) is 16.7 Å². The molecular formula is C16H21N3O4. The molecule has 0 spiro atoms. The Labute approximate surface area is 134 Å². The number of nitrogens with zero attached hydrogens (tertiary/aromatic N) is 3. The van der Waals surface area contributed by atoms with Crippen LogP contribution >= 0.6 is 0 Å². The molecule has 7 heteroatoms. The summed E-state index contributed by atoms with van der Waals surface area (Å²) in [5.41, 5.74) is 0. The largest absolute Gasteiger partial charge is 0.377 e. The van der Waals surface area contributed by atoms with Gasteiger partial charge in [-0.15, -0.1) is 0 Å². The van der Waals surface area contributed by atoms with Crippen LogP contribution < -0.4 is 0 Å². The van der Waals surface area contributed by atoms with Crippen molar-refractivity contribution in [2.75, 3.05) is 26.9 Å². The quantitative estimate of drug-likeness (QED) is 0.779. The Bertz CT molecular complexity index is 614. The van der Waals surface area contributed by atoms with Gasteiger partial charge in [0.05, 0.1) is 13.2 Å². The predicted octanol–water partition coefficient (Wildman–Crippen LogP) is 1.33. The maximum Gasteiger partial charge on any atom is 0.252 e. The summed E-state index contributed by atoms with van der Waals surface area (Å²) in [4.78, 5) is 19.3. The third-order valence-electron chi connectivity index (χ3n) is 5.06. The van der Waals surface area contributed by atoms with Crippen molar-refractivity contribution in [3.8, 4) is 0 Å². The molecule has 2 bridgehead atoms. The van der Waals surface area contributed by atoms with E-state index in [9.17, 15) is 4.79 Å². The van der Waals surface area contributed by atoms with E-state index in [4.69, 9.17) is 14.0 Å². The first kappa shape index (κ1) is 14.8. The zero-order valence-corrected chi connectivity index (χ0v) is 13.2. The summed E-state index contributed by atoms with van der Waals surface area (Å²) in [5, 5.41) is 4.01. The summed E-state index contributed by atoms with van der Waals surface area (Å²) in [7, 11) is 1.58. The van der Waals surface area contributed by atoms with Gasteiger partial charge in [-0.1, -0.05) is 17.3 Å². The van der Waals surface area contributed by atoms with Gasteiger partial charge in [0.2, 0.25) is 5.91 Å². The van der Waals surface area contributed by atoms with Crippen molar-refractivity contribution in [2.45, 2.75) is 25.5 Å². The molecule has 2 heterocycles. The summed E-state index contributed by atoms with van der Waals surface area (Å²) < 4.78 is 15.7. The minimum absolute atomic E-state index is 0.0935. The molecule has 1 amide bonds. The lowest BCUT2D eigenvalue weighted by molar-refractivity contribution is -0.145. The highest BCUT2D eigenvalue weighted by Crippen LogP contribution is 2.45. The molecule has 1 aliphatic heterocycles. The summed E-state index contributed by atoms with van der Waals surface area (Å²) in [5.74, 6) is 2.19. The molecule has 1 saturated heterocycles. The van der Waals surface area contributed by atoms with Crippen molar-refractivity contribution < 1.29 is 18.8 Å². The minimum atomic E-state index is -0.270. The Morgan fingerprint density at radius 1 is 1.43 bits per heavy atom. The number of fused-ring (bicyclic) bond motifs is 2. The molecule has 2 aliphatic carbocycles.